The van der Waals surface area contributed by atoms with Gasteiger partial charge in [-0.1, -0.05) is 30.3 Å². The molecule has 0 saturated heterocycles. The Bertz CT molecular complexity index is 757. The van der Waals surface area contributed by atoms with Crippen LogP contribution in [0, 0.1) is 0 Å². The van der Waals surface area contributed by atoms with Crippen molar-refractivity contribution in [2.45, 2.75) is 12.6 Å². The van der Waals surface area contributed by atoms with E-state index >= 15 is 0 Å². The summed E-state index contributed by atoms with van der Waals surface area (Å²) in [5.74, 6) is 0.188. The quantitative estimate of drug-likeness (QED) is 0.710. The monoisotopic (exact) mass is 329 g/mol. The highest BCUT2D eigenvalue weighted by Gasteiger charge is 2.12. The van der Waals surface area contributed by atoms with E-state index in [0.717, 1.165) is 11.1 Å². The molecule has 2 heterocycles. The fourth-order valence-corrected chi connectivity index (χ4v) is 2.70. The van der Waals surface area contributed by atoms with Gasteiger partial charge in [-0.05, 0) is 27.6 Å². The number of nitrogens with one attached hydrogen (secondary N) is 1. The number of carbonyl (C=O) groups is 1. The Morgan fingerprint density at radius 2 is 2.13 bits per heavy atom. The molecule has 1 unspecified atom stereocenters. The largest absolute Gasteiger partial charge is 0.387 e. The minimum Gasteiger partial charge on any atom is -0.387 e. The highest BCUT2D eigenvalue weighted by molar-refractivity contribution is 7.07. The summed E-state index contributed by atoms with van der Waals surface area (Å²) in [5, 5.41) is 28.3. The van der Waals surface area contributed by atoms with Crippen LogP contribution in [0.4, 0.5) is 0 Å². The number of benzene rings is 1. The van der Waals surface area contributed by atoms with Crippen LogP contribution in [0.15, 0.2) is 47.2 Å². The zero-order valence-corrected chi connectivity index (χ0v) is 13.0. The second-order valence-corrected chi connectivity index (χ2v) is 5.67. The van der Waals surface area contributed by atoms with E-state index < -0.39 is 6.10 Å². The highest BCUT2D eigenvalue weighted by Crippen LogP contribution is 2.15. The van der Waals surface area contributed by atoms with Crippen molar-refractivity contribution in [3.05, 3.63) is 52.7 Å². The van der Waals surface area contributed by atoms with Gasteiger partial charge in [-0.25, -0.2) is 0 Å². The van der Waals surface area contributed by atoms with Gasteiger partial charge in [0, 0.05) is 12.1 Å². The van der Waals surface area contributed by atoms with Crippen molar-refractivity contribution in [3.8, 4) is 11.4 Å². The van der Waals surface area contributed by atoms with E-state index in [0.29, 0.717) is 5.82 Å². The Labute approximate surface area is 136 Å². The van der Waals surface area contributed by atoms with Crippen LogP contribution in [0.5, 0.6) is 0 Å². The molecule has 0 fully saturated rings. The molecule has 2 N–H and O–H groups in total. The Hall–Kier alpha value is -2.58. The second-order valence-electron chi connectivity index (χ2n) is 4.89. The molecule has 0 bridgehead atoms. The van der Waals surface area contributed by atoms with Gasteiger partial charge in [0.2, 0.25) is 11.7 Å². The maximum Gasteiger partial charge on any atom is 0.243 e. The normalized spacial score (nSPS) is 12.0. The number of tetrazole rings is 1. The number of amides is 1. The van der Waals surface area contributed by atoms with Crippen molar-refractivity contribution in [1.82, 2.24) is 25.5 Å². The molecule has 118 valence electrons. The molecule has 0 spiro atoms. The molecule has 1 aromatic carbocycles. The number of aliphatic hydroxyl groups excluding tert-OH is 1. The zero-order valence-electron chi connectivity index (χ0n) is 12.2. The van der Waals surface area contributed by atoms with Crippen LogP contribution in [0.3, 0.4) is 0 Å². The van der Waals surface area contributed by atoms with Crippen LogP contribution in [-0.4, -0.2) is 37.8 Å². The Morgan fingerprint density at radius 3 is 2.87 bits per heavy atom. The Morgan fingerprint density at radius 1 is 1.30 bits per heavy atom. The number of aromatic nitrogens is 4. The predicted molar refractivity (Wildman–Crippen MR) is 85.5 cm³/mol. The van der Waals surface area contributed by atoms with Crippen molar-refractivity contribution in [1.29, 1.82) is 0 Å². The molecule has 0 aliphatic carbocycles. The van der Waals surface area contributed by atoms with E-state index in [4.69, 9.17) is 0 Å². The first kappa shape index (κ1) is 15.3. The van der Waals surface area contributed by atoms with Gasteiger partial charge in [0.05, 0.1) is 6.10 Å². The van der Waals surface area contributed by atoms with Gasteiger partial charge < -0.3 is 10.4 Å². The third kappa shape index (κ3) is 3.99. The summed E-state index contributed by atoms with van der Waals surface area (Å²) in [5.41, 5.74) is 1.63. The molecule has 0 radical (unpaired) electrons. The topological polar surface area (TPSA) is 92.9 Å². The van der Waals surface area contributed by atoms with Gasteiger partial charge in [0.25, 0.3) is 0 Å². The highest BCUT2D eigenvalue weighted by atomic mass is 32.1. The summed E-state index contributed by atoms with van der Waals surface area (Å²) in [4.78, 5) is 13.1. The number of hydrogen-bond donors (Lipinski definition) is 2. The first-order valence-corrected chi connectivity index (χ1v) is 7.97. The number of hydrogen-bond acceptors (Lipinski definition) is 6. The van der Waals surface area contributed by atoms with E-state index in [2.05, 4.69) is 20.7 Å². The molecule has 0 aliphatic rings. The van der Waals surface area contributed by atoms with Crippen molar-refractivity contribution in [2.75, 3.05) is 6.54 Å². The van der Waals surface area contributed by atoms with E-state index in [1.807, 2.05) is 47.2 Å². The maximum absolute atomic E-state index is 11.9. The van der Waals surface area contributed by atoms with Gasteiger partial charge in [0.15, 0.2) is 0 Å². The van der Waals surface area contributed by atoms with E-state index in [-0.39, 0.29) is 19.0 Å². The van der Waals surface area contributed by atoms with Crippen molar-refractivity contribution in [3.63, 3.8) is 0 Å². The van der Waals surface area contributed by atoms with Gasteiger partial charge in [0.1, 0.15) is 6.54 Å². The molecule has 3 aromatic rings. The minimum absolute atomic E-state index is 0.0454. The van der Waals surface area contributed by atoms with Gasteiger partial charge in [-0.15, -0.1) is 10.2 Å². The summed E-state index contributed by atoms with van der Waals surface area (Å²) >= 11 is 1.50. The van der Waals surface area contributed by atoms with Gasteiger partial charge in [-0.2, -0.15) is 16.1 Å². The SMILES string of the molecule is O=C(Cn1nnc(-c2ccccc2)n1)NCC(O)c1ccsc1. The molecule has 0 aliphatic heterocycles. The van der Waals surface area contributed by atoms with Crippen molar-refractivity contribution < 1.29 is 9.90 Å². The van der Waals surface area contributed by atoms with Crippen LogP contribution < -0.4 is 5.32 Å². The first-order valence-electron chi connectivity index (χ1n) is 7.02. The number of carbonyl (C=O) groups excluding carboxylic acids is 1. The lowest BCUT2D eigenvalue weighted by Crippen LogP contribution is -2.32. The summed E-state index contributed by atoms with van der Waals surface area (Å²) in [6, 6.07) is 11.2. The maximum atomic E-state index is 11.9. The average Bonchev–Trinajstić information content (AvgIpc) is 3.25. The molecule has 1 atom stereocenters. The molecular formula is C15H15N5O2S. The lowest BCUT2D eigenvalue weighted by Gasteiger charge is -2.09. The third-order valence-electron chi connectivity index (χ3n) is 3.19. The average molecular weight is 329 g/mol. The summed E-state index contributed by atoms with van der Waals surface area (Å²) in [6.07, 6.45) is -0.714. The first-order chi connectivity index (χ1) is 11.2. The van der Waals surface area contributed by atoms with Crippen molar-refractivity contribution in [2.24, 2.45) is 0 Å². The third-order valence-corrected chi connectivity index (χ3v) is 3.89. The van der Waals surface area contributed by atoms with Gasteiger partial charge in [-0.3, -0.25) is 4.79 Å². The number of rotatable bonds is 6. The Balaban J connectivity index is 1.53. The second kappa shape index (κ2) is 7.12. The van der Waals surface area contributed by atoms with Gasteiger partial charge >= 0.3 is 0 Å². The number of thiophene rings is 1. The summed E-state index contributed by atoms with van der Waals surface area (Å²) < 4.78 is 0. The lowest BCUT2D eigenvalue weighted by molar-refractivity contribution is -0.122. The minimum atomic E-state index is -0.714. The van der Waals surface area contributed by atoms with E-state index in [1.54, 1.807) is 0 Å². The number of aliphatic hydroxyl groups is 1. The molecule has 0 saturated carbocycles. The lowest BCUT2D eigenvalue weighted by atomic mass is 10.2. The van der Waals surface area contributed by atoms with E-state index in [1.165, 1.54) is 16.1 Å². The van der Waals surface area contributed by atoms with Crippen LogP contribution in [0.2, 0.25) is 0 Å². The Kier molecular flexibility index (Phi) is 4.74. The molecule has 23 heavy (non-hydrogen) atoms. The molecule has 2 aromatic heterocycles. The molecule has 7 nitrogen and oxygen atoms in total. The fourth-order valence-electron chi connectivity index (χ4n) is 1.99. The van der Waals surface area contributed by atoms with Crippen molar-refractivity contribution >= 4 is 17.2 Å². The molecule has 3 rings (SSSR count). The molecular weight excluding hydrogens is 314 g/mol. The van der Waals surface area contributed by atoms with Crippen LogP contribution in [0.1, 0.15) is 11.7 Å². The zero-order chi connectivity index (χ0) is 16.1. The molecule has 1 amide bonds. The standard InChI is InChI=1S/C15H15N5O2S/c21-13(12-6-7-23-10-12)8-16-14(22)9-20-18-15(17-19-20)11-4-2-1-3-5-11/h1-7,10,13,21H,8-9H2,(H,16,22). The fraction of sp³-hybridized carbons (Fsp3) is 0.200. The molecule has 8 heteroatoms. The van der Waals surface area contributed by atoms with E-state index in [9.17, 15) is 9.90 Å². The van der Waals surface area contributed by atoms with Crippen LogP contribution in [-0.2, 0) is 11.3 Å². The predicted octanol–water partition coefficient (Wildman–Crippen LogP) is 1.25. The summed E-state index contributed by atoms with van der Waals surface area (Å²) in [7, 11) is 0. The smallest absolute Gasteiger partial charge is 0.243 e. The van der Waals surface area contributed by atoms with Crippen LogP contribution in [0.25, 0.3) is 11.4 Å². The van der Waals surface area contributed by atoms with Crippen LogP contribution >= 0.6 is 11.3 Å². The summed E-state index contributed by atoms with van der Waals surface area (Å²) in [6.45, 7) is 0.103. The number of nitrogens with zero attached hydrogens (tertiary/aromatic N) is 4.